The Morgan fingerprint density at radius 1 is 1.42 bits per heavy atom. The Labute approximate surface area is 120 Å². The van der Waals surface area contributed by atoms with Crippen molar-refractivity contribution in [3.63, 3.8) is 0 Å². The van der Waals surface area contributed by atoms with Gasteiger partial charge in [0.1, 0.15) is 5.82 Å². The van der Waals surface area contributed by atoms with Crippen molar-refractivity contribution in [1.29, 1.82) is 0 Å². The van der Waals surface area contributed by atoms with Gasteiger partial charge in [0.05, 0.1) is 5.02 Å². The molecule has 19 heavy (non-hydrogen) atoms. The van der Waals surface area contributed by atoms with Crippen LogP contribution in [0.5, 0.6) is 0 Å². The van der Waals surface area contributed by atoms with Crippen LogP contribution in [0.1, 0.15) is 58.1 Å². The third-order valence-corrected chi connectivity index (χ3v) is 4.44. The van der Waals surface area contributed by atoms with E-state index in [4.69, 9.17) is 11.6 Å². The molecule has 0 bridgehead atoms. The molecule has 0 heterocycles. The number of nitrogens with one attached hydrogen (secondary N) is 1. The Hall–Kier alpha value is -0.600. The summed E-state index contributed by atoms with van der Waals surface area (Å²) in [5.74, 6) is -0.336. The van der Waals surface area contributed by atoms with Crippen molar-refractivity contribution < 1.29 is 4.39 Å². The van der Waals surface area contributed by atoms with E-state index in [1.807, 2.05) is 6.07 Å². The summed E-state index contributed by atoms with van der Waals surface area (Å²) in [6.07, 6.45) is 4.97. The summed E-state index contributed by atoms with van der Waals surface area (Å²) in [7, 11) is 0. The van der Waals surface area contributed by atoms with Gasteiger partial charge >= 0.3 is 0 Å². The van der Waals surface area contributed by atoms with Gasteiger partial charge < -0.3 is 5.32 Å². The minimum absolute atomic E-state index is 0.158. The second kappa shape index (κ2) is 5.80. The van der Waals surface area contributed by atoms with E-state index in [0.717, 1.165) is 5.56 Å². The van der Waals surface area contributed by atoms with Gasteiger partial charge in [-0.05, 0) is 49.3 Å². The van der Waals surface area contributed by atoms with Crippen molar-refractivity contribution in [3.05, 3.63) is 34.6 Å². The van der Waals surface area contributed by atoms with Crippen LogP contribution in [0, 0.1) is 11.2 Å². The van der Waals surface area contributed by atoms with E-state index in [9.17, 15) is 4.39 Å². The molecule has 1 aliphatic rings. The Balaban J connectivity index is 2.00. The third-order valence-electron chi connectivity index (χ3n) is 4.13. The second-order valence-corrected chi connectivity index (χ2v) is 6.93. The molecule has 1 nitrogen and oxygen atoms in total. The zero-order chi connectivity index (χ0) is 14.0. The lowest BCUT2D eigenvalue weighted by Gasteiger charge is -2.37. The van der Waals surface area contributed by atoms with E-state index in [0.29, 0.717) is 11.5 Å². The van der Waals surface area contributed by atoms with Crippen LogP contribution in [0.2, 0.25) is 5.02 Å². The van der Waals surface area contributed by atoms with Crippen molar-refractivity contribution in [2.24, 2.45) is 5.41 Å². The van der Waals surface area contributed by atoms with Gasteiger partial charge in [0.25, 0.3) is 0 Å². The summed E-state index contributed by atoms with van der Waals surface area (Å²) >= 11 is 5.72. The summed E-state index contributed by atoms with van der Waals surface area (Å²) in [6.45, 7) is 6.74. The van der Waals surface area contributed by atoms with Gasteiger partial charge in [0.15, 0.2) is 0 Å². The summed E-state index contributed by atoms with van der Waals surface area (Å²) in [5, 5.41) is 3.82. The Bertz CT molecular complexity index is 444. The second-order valence-electron chi connectivity index (χ2n) is 6.52. The molecule has 0 amide bonds. The largest absolute Gasteiger partial charge is 0.307 e. The molecule has 0 aromatic heterocycles. The Kier molecular flexibility index (Phi) is 4.52. The fourth-order valence-corrected chi connectivity index (χ4v) is 3.19. The van der Waals surface area contributed by atoms with Crippen molar-refractivity contribution in [3.8, 4) is 0 Å². The molecule has 106 valence electrons. The predicted octanol–water partition coefficient (Wildman–Crippen LogP) is 5.10. The molecular formula is C16H23ClFN. The van der Waals surface area contributed by atoms with Crippen LogP contribution in [0.25, 0.3) is 0 Å². The zero-order valence-electron chi connectivity index (χ0n) is 12.0. The van der Waals surface area contributed by atoms with Crippen molar-refractivity contribution in [2.45, 2.75) is 58.5 Å². The number of benzene rings is 1. The van der Waals surface area contributed by atoms with Crippen molar-refractivity contribution in [1.82, 2.24) is 5.32 Å². The first-order valence-electron chi connectivity index (χ1n) is 7.08. The van der Waals surface area contributed by atoms with E-state index >= 15 is 0 Å². The molecule has 0 saturated heterocycles. The maximum Gasteiger partial charge on any atom is 0.142 e. The van der Waals surface area contributed by atoms with Crippen LogP contribution in [0.4, 0.5) is 4.39 Å². The molecule has 2 unspecified atom stereocenters. The highest BCUT2D eigenvalue weighted by Crippen LogP contribution is 2.36. The van der Waals surface area contributed by atoms with Crippen LogP contribution in [0.15, 0.2) is 18.2 Å². The van der Waals surface area contributed by atoms with E-state index < -0.39 is 0 Å². The quantitative estimate of drug-likeness (QED) is 0.814. The fourth-order valence-electron chi connectivity index (χ4n) is 3.07. The van der Waals surface area contributed by atoms with Gasteiger partial charge in [-0.1, -0.05) is 37.9 Å². The maximum absolute atomic E-state index is 13.5. The third kappa shape index (κ3) is 3.93. The molecule has 0 radical (unpaired) electrons. The number of hydrogen-bond acceptors (Lipinski definition) is 1. The minimum Gasteiger partial charge on any atom is -0.307 e. The molecule has 1 aliphatic carbocycles. The molecule has 1 aromatic carbocycles. The Morgan fingerprint density at radius 2 is 2.16 bits per heavy atom. The average Bonchev–Trinajstić information content (AvgIpc) is 2.31. The highest BCUT2D eigenvalue weighted by atomic mass is 35.5. The first-order chi connectivity index (χ1) is 8.87. The SMILES string of the molecule is CC(NC1CCCC(C)(C)C1)c1ccc(Cl)c(F)c1. The number of rotatable bonds is 3. The average molecular weight is 284 g/mol. The highest BCUT2D eigenvalue weighted by molar-refractivity contribution is 6.30. The number of hydrogen-bond donors (Lipinski definition) is 1. The minimum atomic E-state index is -0.336. The molecule has 1 saturated carbocycles. The molecule has 1 aromatic rings. The molecule has 2 atom stereocenters. The van der Waals surface area contributed by atoms with Gasteiger partial charge in [-0.15, -0.1) is 0 Å². The van der Waals surface area contributed by atoms with Gasteiger partial charge in [-0.2, -0.15) is 0 Å². The predicted molar refractivity (Wildman–Crippen MR) is 79.0 cm³/mol. The molecule has 0 aliphatic heterocycles. The first-order valence-corrected chi connectivity index (χ1v) is 7.46. The van der Waals surface area contributed by atoms with Crippen LogP contribution < -0.4 is 5.32 Å². The number of halogens is 2. The van der Waals surface area contributed by atoms with Gasteiger partial charge in [-0.3, -0.25) is 0 Å². The molecule has 0 spiro atoms. The van der Waals surface area contributed by atoms with E-state index in [-0.39, 0.29) is 16.9 Å². The highest BCUT2D eigenvalue weighted by Gasteiger charge is 2.28. The molecular weight excluding hydrogens is 261 g/mol. The zero-order valence-corrected chi connectivity index (χ0v) is 12.7. The fraction of sp³-hybridized carbons (Fsp3) is 0.625. The van der Waals surface area contributed by atoms with Crippen molar-refractivity contribution in [2.75, 3.05) is 0 Å². The van der Waals surface area contributed by atoms with Crippen LogP contribution >= 0.6 is 11.6 Å². The topological polar surface area (TPSA) is 12.0 Å². The molecule has 1 fully saturated rings. The normalized spacial score (nSPS) is 24.2. The van der Waals surface area contributed by atoms with Gasteiger partial charge in [0.2, 0.25) is 0 Å². The monoisotopic (exact) mass is 283 g/mol. The van der Waals surface area contributed by atoms with E-state index in [1.54, 1.807) is 6.07 Å². The molecule has 2 rings (SSSR count). The van der Waals surface area contributed by atoms with Crippen molar-refractivity contribution >= 4 is 11.6 Å². The summed E-state index contributed by atoms with van der Waals surface area (Å²) in [6, 6.07) is 5.75. The standard InChI is InChI=1S/C16H23ClFN/c1-11(12-6-7-14(17)15(18)9-12)19-13-5-4-8-16(2,3)10-13/h6-7,9,11,13,19H,4-5,8,10H2,1-3H3. The summed E-state index contributed by atoms with van der Waals surface area (Å²) in [4.78, 5) is 0. The van der Waals surface area contributed by atoms with Gasteiger partial charge in [-0.25, -0.2) is 4.39 Å². The molecule has 1 N–H and O–H groups in total. The van der Waals surface area contributed by atoms with E-state index in [1.165, 1.54) is 31.7 Å². The van der Waals surface area contributed by atoms with Crippen LogP contribution in [-0.4, -0.2) is 6.04 Å². The molecule has 3 heteroatoms. The van der Waals surface area contributed by atoms with Gasteiger partial charge in [0, 0.05) is 12.1 Å². The van der Waals surface area contributed by atoms with Crippen LogP contribution in [-0.2, 0) is 0 Å². The summed E-state index contributed by atoms with van der Waals surface area (Å²) in [5.41, 5.74) is 1.38. The van der Waals surface area contributed by atoms with Crippen LogP contribution in [0.3, 0.4) is 0 Å². The first kappa shape index (κ1) is 14.8. The smallest absolute Gasteiger partial charge is 0.142 e. The lowest BCUT2D eigenvalue weighted by molar-refractivity contribution is 0.191. The van der Waals surface area contributed by atoms with E-state index in [2.05, 4.69) is 26.1 Å². The maximum atomic E-state index is 13.5. The Morgan fingerprint density at radius 3 is 2.79 bits per heavy atom. The summed E-state index contributed by atoms with van der Waals surface area (Å²) < 4.78 is 13.5. The lowest BCUT2D eigenvalue weighted by atomic mass is 9.75. The lowest BCUT2D eigenvalue weighted by Crippen LogP contribution is -2.38.